The van der Waals surface area contributed by atoms with Crippen molar-refractivity contribution in [3.63, 3.8) is 0 Å². The number of amides is 1. The SMILES string of the molecule is CC(=O)N1c2ccc(-c3cnn(C4CC4)c3)c(OC3CNC3)c2CCC1C. The van der Waals surface area contributed by atoms with E-state index in [4.69, 9.17) is 4.74 Å². The lowest BCUT2D eigenvalue weighted by Gasteiger charge is -2.37. The van der Waals surface area contributed by atoms with E-state index in [0.29, 0.717) is 6.04 Å². The topological polar surface area (TPSA) is 59.4 Å². The van der Waals surface area contributed by atoms with Crippen molar-refractivity contribution in [1.29, 1.82) is 0 Å². The minimum Gasteiger partial charge on any atom is -0.487 e. The van der Waals surface area contributed by atoms with Gasteiger partial charge in [0.05, 0.1) is 17.9 Å². The van der Waals surface area contributed by atoms with Gasteiger partial charge in [0.25, 0.3) is 0 Å². The number of rotatable bonds is 4. The molecule has 27 heavy (non-hydrogen) atoms. The largest absolute Gasteiger partial charge is 0.487 e. The van der Waals surface area contributed by atoms with E-state index in [1.54, 1.807) is 6.92 Å². The van der Waals surface area contributed by atoms with E-state index < -0.39 is 0 Å². The molecule has 2 aromatic rings. The molecule has 142 valence electrons. The summed E-state index contributed by atoms with van der Waals surface area (Å²) in [4.78, 5) is 14.2. The zero-order valence-electron chi connectivity index (χ0n) is 15.9. The Morgan fingerprint density at radius 3 is 2.74 bits per heavy atom. The van der Waals surface area contributed by atoms with Crippen molar-refractivity contribution in [3.8, 4) is 16.9 Å². The van der Waals surface area contributed by atoms with Crippen LogP contribution >= 0.6 is 0 Å². The van der Waals surface area contributed by atoms with Crippen LogP contribution in [0.2, 0.25) is 0 Å². The standard InChI is InChI=1S/C21H26N4O2/c1-13-3-6-19-20(25(13)14(2)26)8-7-18(21(19)27-17-10-22-11-17)15-9-23-24(12-15)16-4-5-16/h7-9,12-13,16-17,22H,3-6,10-11H2,1-2H3. The van der Waals surface area contributed by atoms with Crippen molar-refractivity contribution in [2.24, 2.45) is 0 Å². The highest BCUT2D eigenvalue weighted by molar-refractivity contribution is 5.95. The summed E-state index contributed by atoms with van der Waals surface area (Å²) >= 11 is 0. The van der Waals surface area contributed by atoms with Crippen LogP contribution in [0.5, 0.6) is 5.75 Å². The molecule has 3 aliphatic rings. The highest BCUT2D eigenvalue weighted by atomic mass is 16.5. The molecule has 1 amide bonds. The van der Waals surface area contributed by atoms with Crippen LogP contribution in [0.25, 0.3) is 11.1 Å². The Labute approximate surface area is 159 Å². The first-order valence-electron chi connectivity index (χ1n) is 9.99. The number of hydrogen-bond acceptors (Lipinski definition) is 4. The zero-order chi connectivity index (χ0) is 18.5. The van der Waals surface area contributed by atoms with Crippen LogP contribution < -0.4 is 15.0 Å². The third kappa shape index (κ3) is 2.92. The molecule has 1 N–H and O–H groups in total. The van der Waals surface area contributed by atoms with Crippen LogP contribution in [0.3, 0.4) is 0 Å². The van der Waals surface area contributed by atoms with E-state index in [2.05, 4.69) is 40.4 Å². The number of carbonyl (C=O) groups excluding carboxylic acids is 1. The van der Waals surface area contributed by atoms with Crippen molar-refractivity contribution in [1.82, 2.24) is 15.1 Å². The molecule has 1 aromatic carbocycles. The quantitative estimate of drug-likeness (QED) is 0.904. The van der Waals surface area contributed by atoms with Gasteiger partial charge in [-0.1, -0.05) is 0 Å². The second-order valence-corrected chi connectivity index (χ2v) is 8.05. The van der Waals surface area contributed by atoms with Gasteiger partial charge in [0.2, 0.25) is 5.91 Å². The molecule has 6 nitrogen and oxygen atoms in total. The fraction of sp³-hybridized carbons (Fsp3) is 0.524. The molecule has 0 radical (unpaired) electrons. The Kier molecular flexibility index (Phi) is 3.97. The first-order chi connectivity index (χ1) is 13.1. The third-order valence-corrected chi connectivity index (χ3v) is 5.95. The lowest BCUT2D eigenvalue weighted by Crippen LogP contribution is -2.50. The van der Waals surface area contributed by atoms with Crippen LogP contribution in [0, 0.1) is 0 Å². The number of hydrogen-bond donors (Lipinski definition) is 1. The van der Waals surface area contributed by atoms with E-state index in [-0.39, 0.29) is 18.1 Å². The van der Waals surface area contributed by atoms with Gasteiger partial charge in [-0.2, -0.15) is 5.10 Å². The van der Waals surface area contributed by atoms with E-state index in [1.165, 1.54) is 12.8 Å². The molecule has 1 atom stereocenters. The summed E-state index contributed by atoms with van der Waals surface area (Å²) in [6.45, 7) is 5.51. The molecular formula is C21H26N4O2. The van der Waals surface area contributed by atoms with Gasteiger partial charge in [0.1, 0.15) is 11.9 Å². The van der Waals surface area contributed by atoms with E-state index in [9.17, 15) is 4.79 Å². The Balaban J connectivity index is 1.60. The Bertz CT molecular complexity index is 882. The summed E-state index contributed by atoms with van der Waals surface area (Å²) in [6.07, 6.45) is 8.59. The van der Waals surface area contributed by atoms with Crippen molar-refractivity contribution >= 4 is 11.6 Å². The van der Waals surface area contributed by atoms with Gasteiger partial charge in [-0.05, 0) is 44.7 Å². The van der Waals surface area contributed by atoms with E-state index in [0.717, 1.165) is 54.1 Å². The fourth-order valence-corrected chi connectivity index (χ4v) is 4.17. The molecule has 1 unspecified atom stereocenters. The normalized spacial score (nSPS) is 22.3. The van der Waals surface area contributed by atoms with Crippen molar-refractivity contribution in [3.05, 3.63) is 30.1 Å². The lowest BCUT2D eigenvalue weighted by molar-refractivity contribution is -0.117. The summed E-state index contributed by atoms with van der Waals surface area (Å²) < 4.78 is 8.52. The van der Waals surface area contributed by atoms with Crippen molar-refractivity contribution in [2.75, 3.05) is 18.0 Å². The van der Waals surface area contributed by atoms with Crippen LogP contribution in [0.1, 0.15) is 44.7 Å². The van der Waals surface area contributed by atoms with Crippen LogP contribution in [0.15, 0.2) is 24.5 Å². The minimum absolute atomic E-state index is 0.0917. The van der Waals surface area contributed by atoms with E-state index in [1.807, 2.05) is 11.1 Å². The molecule has 0 spiro atoms. The minimum atomic E-state index is 0.0917. The summed E-state index contributed by atoms with van der Waals surface area (Å²) in [5, 5.41) is 7.84. The molecular weight excluding hydrogens is 340 g/mol. The molecule has 5 rings (SSSR count). The fourth-order valence-electron chi connectivity index (χ4n) is 4.17. The van der Waals surface area contributed by atoms with E-state index >= 15 is 0 Å². The second-order valence-electron chi connectivity index (χ2n) is 8.05. The smallest absolute Gasteiger partial charge is 0.224 e. The highest BCUT2D eigenvalue weighted by Gasteiger charge is 2.32. The molecule has 1 saturated heterocycles. The van der Waals surface area contributed by atoms with Gasteiger partial charge >= 0.3 is 0 Å². The number of benzene rings is 1. The Morgan fingerprint density at radius 1 is 1.26 bits per heavy atom. The average molecular weight is 366 g/mol. The molecule has 3 heterocycles. The van der Waals surface area contributed by atoms with Gasteiger partial charge in [-0.25, -0.2) is 0 Å². The molecule has 0 bridgehead atoms. The van der Waals surface area contributed by atoms with Crippen LogP contribution in [0.4, 0.5) is 5.69 Å². The summed E-state index contributed by atoms with van der Waals surface area (Å²) in [5.74, 6) is 1.03. The number of fused-ring (bicyclic) bond motifs is 1. The number of anilines is 1. The maximum Gasteiger partial charge on any atom is 0.224 e. The van der Waals surface area contributed by atoms with Gasteiger partial charge in [0.15, 0.2) is 0 Å². The number of carbonyl (C=O) groups is 1. The number of nitrogens with one attached hydrogen (secondary N) is 1. The van der Waals surface area contributed by atoms with Crippen LogP contribution in [-0.4, -0.2) is 40.9 Å². The first kappa shape index (κ1) is 16.8. The third-order valence-electron chi connectivity index (χ3n) is 5.95. The van der Waals surface area contributed by atoms with Crippen molar-refractivity contribution < 1.29 is 9.53 Å². The average Bonchev–Trinajstić information content (AvgIpc) is 3.34. The number of nitrogens with zero attached hydrogens (tertiary/aromatic N) is 3. The Hall–Kier alpha value is -2.34. The zero-order valence-corrected chi connectivity index (χ0v) is 15.9. The highest BCUT2D eigenvalue weighted by Crippen LogP contribution is 2.44. The first-order valence-corrected chi connectivity index (χ1v) is 9.99. The maximum absolute atomic E-state index is 12.3. The maximum atomic E-state index is 12.3. The lowest BCUT2D eigenvalue weighted by atomic mass is 9.92. The molecule has 1 saturated carbocycles. The predicted octanol–water partition coefficient (Wildman–Crippen LogP) is 2.92. The van der Waals surface area contributed by atoms with Crippen molar-refractivity contribution in [2.45, 2.75) is 57.7 Å². The molecule has 6 heteroatoms. The number of aromatic nitrogens is 2. The van der Waals surface area contributed by atoms with Gasteiger partial charge in [-0.3, -0.25) is 9.48 Å². The number of ether oxygens (including phenoxy) is 1. The molecule has 2 fully saturated rings. The van der Waals surface area contributed by atoms with Crippen LogP contribution in [-0.2, 0) is 11.2 Å². The van der Waals surface area contributed by atoms with Gasteiger partial charge in [0, 0.05) is 48.9 Å². The summed E-state index contributed by atoms with van der Waals surface area (Å²) in [7, 11) is 0. The monoisotopic (exact) mass is 366 g/mol. The summed E-state index contributed by atoms with van der Waals surface area (Å²) in [5.41, 5.74) is 4.35. The summed E-state index contributed by atoms with van der Waals surface area (Å²) in [6, 6.07) is 4.97. The molecule has 2 aliphatic heterocycles. The molecule has 1 aromatic heterocycles. The molecule has 1 aliphatic carbocycles. The predicted molar refractivity (Wildman–Crippen MR) is 104 cm³/mol. The second kappa shape index (κ2) is 6.37. The van der Waals surface area contributed by atoms with Gasteiger partial charge < -0.3 is 15.0 Å². The Morgan fingerprint density at radius 2 is 2.07 bits per heavy atom. The van der Waals surface area contributed by atoms with Gasteiger partial charge in [-0.15, -0.1) is 0 Å².